The van der Waals surface area contributed by atoms with Crippen LogP contribution in [-0.2, 0) is 0 Å². The second-order valence-corrected chi connectivity index (χ2v) is 4.89. The number of piperidine rings is 1. The molecule has 0 amide bonds. The number of aromatic nitrogens is 3. The van der Waals surface area contributed by atoms with Crippen LogP contribution in [0.3, 0.4) is 0 Å². The van der Waals surface area contributed by atoms with Crippen LogP contribution in [-0.4, -0.2) is 39.4 Å². The highest BCUT2D eigenvalue weighted by atomic mass is 16.3. The van der Waals surface area contributed by atoms with E-state index in [0.717, 1.165) is 31.0 Å². The monoisotopic (exact) mass is 246 g/mol. The van der Waals surface area contributed by atoms with Gasteiger partial charge >= 0.3 is 0 Å². The topological polar surface area (TPSA) is 53.7 Å². The molecule has 5 heteroatoms. The van der Waals surface area contributed by atoms with Gasteiger partial charge in [0.25, 0.3) is 0 Å². The molecular formula is C13H18N4O. The second kappa shape index (κ2) is 4.94. The predicted molar refractivity (Wildman–Crippen MR) is 69.6 cm³/mol. The number of fused-ring (bicyclic) bond motifs is 1. The average Bonchev–Trinajstić information content (AvgIpc) is 2.86. The summed E-state index contributed by atoms with van der Waals surface area (Å²) >= 11 is 0. The van der Waals surface area contributed by atoms with Crippen molar-refractivity contribution in [3.63, 3.8) is 0 Å². The van der Waals surface area contributed by atoms with Crippen LogP contribution in [0, 0.1) is 5.92 Å². The zero-order valence-electron chi connectivity index (χ0n) is 10.4. The SMILES string of the molecule is OCCC1CCCN(c2ccn3nccc3n2)C1. The van der Waals surface area contributed by atoms with Crippen LogP contribution in [0.1, 0.15) is 19.3 Å². The molecule has 1 atom stereocenters. The molecule has 0 spiro atoms. The first-order valence-corrected chi connectivity index (χ1v) is 6.53. The minimum Gasteiger partial charge on any atom is -0.396 e. The standard InChI is InChI=1S/C13H18N4O/c18-9-5-11-2-1-7-16(10-11)12-4-8-17-13(15-12)3-6-14-17/h3-4,6,8,11,18H,1-2,5,7,9-10H2. The van der Waals surface area contributed by atoms with E-state index in [1.54, 1.807) is 10.7 Å². The van der Waals surface area contributed by atoms with Crippen LogP contribution >= 0.6 is 0 Å². The molecule has 1 fully saturated rings. The number of hydrogen-bond donors (Lipinski definition) is 1. The van der Waals surface area contributed by atoms with E-state index in [4.69, 9.17) is 5.11 Å². The molecule has 1 N–H and O–H groups in total. The van der Waals surface area contributed by atoms with Gasteiger partial charge in [-0.05, 0) is 31.2 Å². The van der Waals surface area contributed by atoms with E-state index in [9.17, 15) is 0 Å². The summed E-state index contributed by atoms with van der Waals surface area (Å²) in [7, 11) is 0. The zero-order valence-corrected chi connectivity index (χ0v) is 10.4. The zero-order chi connectivity index (χ0) is 12.4. The van der Waals surface area contributed by atoms with Gasteiger partial charge in [0.2, 0.25) is 0 Å². The van der Waals surface area contributed by atoms with E-state index < -0.39 is 0 Å². The van der Waals surface area contributed by atoms with Crippen molar-refractivity contribution in [1.82, 2.24) is 14.6 Å². The van der Waals surface area contributed by atoms with Crippen molar-refractivity contribution in [2.24, 2.45) is 5.92 Å². The number of aliphatic hydroxyl groups excluding tert-OH is 1. The summed E-state index contributed by atoms with van der Waals surface area (Å²) in [6, 6.07) is 3.93. The fourth-order valence-corrected chi connectivity index (χ4v) is 2.67. The minimum absolute atomic E-state index is 0.285. The lowest BCUT2D eigenvalue weighted by Gasteiger charge is -2.33. The number of hydrogen-bond acceptors (Lipinski definition) is 4. The summed E-state index contributed by atoms with van der Waals surface area (Å²) in [6.07, 6.45) is 7.00. The molecule has 18 heavy (non-hydrogen) atoms. The van der Waals surface area contributed by atoms with Gasteiger partial charge in [0, 0.05) is 32.0 Å². The number of anilines is 1. The van der Waals surface area contributed by atoms with Gasteiger partial charge in [0.15, 0.2) is 5.65 Å². The largest absolute Gasteiger partial charge is 0.396 e. The second-order valence-electron chi connectivity index (χ2n) is 4.89. The lowest BCUT2D eigenvalue weighted by Crippen LogP contribution is -2.36. The van der Waals surface area contributed by atoms with Gasteiger partial charge in [-0.2, -0.15) is 5.10 Å². The third kappa shape index (κ3) is 2.18. The quantitative estimate of drug-likeness (QED) is 0.887. The molecule has 1 aliphatic rings. The predicted octanol–water partition coefficient (Wildman–Crippen LogP) is 1.33. The summed E-state index contributed by atoms with van der Waals surface area (Å²) in [5.41, 5.74) is 0.886. The summed E-state index contributed by atoms with van der Waals surface area (Å²) in [5, 5.41) is 13.2. The molecule has 0 radical (unpaired) electrons. The van der Waals surface area contributed by atoms with Gasteiger partial charge in [-0.3, -0.25) is 0 Å². The number of aliphatic hydroxyl groups is 1. The molecule has 96 valence electrons. The summed E-state index contributed by atoms with van der Waals surface area (Å²) in [6.45, 7) is 2.34. The van der Waals surface area contributed by atoms with E-state index in [1.807, 2.05) is 18.3 Å². The molecule has 2 aromatic rings. The molecule has 1 saturated heterocycles. The first-order valence-electron chi connectivity index (χ1n) is 6.53. The summed E-state index contributed by atoms with van der Waals surface area (Å²) < 4.78 is 1.78. The van der Waals surface area contributed by atoms with Gasteiger partial charge in [-0.15, -0.1) is 0 Å². The van der Waals surface area contributed by atoms with Crippen molar-refractivity contribution < 1.29 is 5.11 Å². The highest BCUT2D eigenvalue weighted by Crippen LogP contribution is 2.23. The van der Waals surface area contributed by atoms with E-state index in [1.165, 1.54) is 12.8 Å². The molecule has 3 heterocycles. The van der Waals surface area contributed by atoms with Crippen LogP contribution in [0.4, 0.5) is 5.82 Å². The van der Waals surface area contributed by atoms with Crippen molar-refractivity contribution in [2.75, 3.05) is 24.6 Å². The molecular weight excluding hydrogens is 228 g/mol. The first-order chi connectivity index (χ1) is 8.86. The molecule has 0 saturated carbocycles. The average molecular weight is 246 g/mol. The molecule has 0 bridgehead atoms. The maximum Gasteiger partial charge on any atom is 0.157 e. The van der Waals surface area contributed by atoms with E-state index in [2.05, 4.69) is 15.0 Å². The van der Waals surface area contributed by atoms with Crippen LogP contribution in [0.15, 0.2) is 24.5 Å². The minimum atomic E-state index is 0.285. The Morgan fingerprint density at radius 1 is 1.39 bits per heavy atom. The van der Waals surface area contributed by atoms with Gasteiger partial charge in [0.05, 0.1) is 6.20 Å². The van der Waals surface area contributed by atoms with Crippen molar-refractivity contribution in [1.29, 1.82) is 0 Å². The fourth-order valence-electron chi connectivity index (χ4n) is 2.67. The van der Waals surface area contributed by atoms with Crippen molar-refractivity contribution >= 4 is 11.5 Å². The van der Waals surface area contributed by atoms with Crippen molar-refractivity contribution in [2.45, 2.75) is 19.3 Å². The van der Waals surface area contributed by atoms with E-state index >= 15 is 0 Å². The Morgan fingerprint density at radius 2 is 2.33 bits per heavy atom. The van der Waals surface area contributed by atoms with Gasteiger partial charge < -0.3 is 10.0 Å². The number of rotatable bonds is 3. The third-order valence-electron chi connectivity index (χ3n) is 3.62. The number of nitrogens with zero attached hydrogens (tertiary/aromatic N) is 4. The van der Waals surface area contributed by atoms with Gasteiger partial charge in [-0.25, -0.2) is 9.50 Å². The Kier molecular flexibility index (Phi) is 3.15. The summed E-state index contributed by atoms with van der Waals surface area (Å²) in [4.78, 5) is 6.93. The Bertz CT molecular complexity index is 522. The van der Waals surface area contributed by atoms with Gasteiger partial charge in [0.1, 0.15) is 5.82 Å². The van der Waals surface area contributed by atoms with E-state index in [-0.39, 0.29) is 6.61 Å². The molecule has 5 nitrogen and oxygen atoms in total. The maximum atomic E-state index is 9.04. The highest BCUT2D eigenvalue weighted by molar-refractivity contribution is 5.47. The van der Waals surface area contributed by atoms with Crippen LogP contribution < -0.4 is 4.90 Å². The van der Waals surface area contributed by atoms with E-state index in [0.29, 0.717) is 5.92 Å². The Morgan fingerprint density at radius 3 is 3.22 bits per heavy atom. The van der Waals surface area contributed by atoms with Crippen molar-refractivity contribution in [3.8, 4) is 0 Å². The lowest BCUT2D eigenvalue weighted by atomic mass is 9.95. The molecule has 3 rings (SSSR count). The highest BCUT2D eigenvalue weighted by Gasteiger charge is 2.20. The first kappa shape index (κ1) is 11.5. The molecule has 0 aromatic carbocycles. The fraction of sp³-hybridized carbons (Fsp3) is 0.538. The Balaban J connectivity index is 1.80. The molecule has 1 unspecified atom stereocenters. The van der Waals surface area contributed by atoms with Crippen LogP contribution in [0.2, 0.25) is 0 Å². The smallest absolute Gasteiger partial charge is 0.157 e. The van der Waals surface area contributed by atoms with Crippen LogP contribution in [0.25, 0.3) is 5.65 Å². The summed E-state index contributed by atoms with van der Waals surface area (Å²) in [5.74, 6) is 1.61. The Labute approximate surface area is 106 Å². The molecule has 2 aromatic heterocycles. The molecule has 1 aliphatic heterocycles. The van der Waals surface area contributed by atoms with Crippen LogP contribution in [0.5, 0.6) is 0 Å². The van der Waals surface area contributed by atoms with Gasteiger partial charge in [-0.1, -0.05) is 0 Å². The Hall–Kier alpha value is -1.62. The lowest BCUT2D eigenvalue weighted by molar-refractivity contribution is 0.244. The van der Waals surface area contributed by atoms with Crippen molar-refractivity contribution in [3.05, 3.63) is 24.5 Å². The maximum absolute atomic E-state index is 9.04. The third-order valence-corrected chi connectivity index (χ3v) is 3.62. The molecule has 0 aliphatic carbocycles. The normalized spacial score (nSPS) is 20.5.